The zero-order valence-electron chi connectivity index (χ0n) is 11.0. The number of ether oxygens (including phenoxy) is 1. The van der Waals surface area contributed by atoms with E-state index >= 15 is 0 Å². The molecule has 0 aliphatic rings. The average molecular weight is 280 g/mol. The zero-order valence-corrected chi connectivity index (χ0v) is 14.1. The standard InChI is InChI=1S/C15H14O3.K/c1-11(15(16)17)12-6-5-9-14(10-12)18-13-7-3-2-4-8-13;/h2-11H,1H3,(H,16,17);/q;+1/p-1/t11-;/m1./s1. The molecule has 0 radical (unpaired) electrons. The normalized spacial score (nSPS) is 11.2. The number of rotatable bonds is 4. The predicted octanol–water partition coefficient (Wildman–Crippen LogP) is -0.664. The second-order valence-corrected chi connectivity index (χ2v) is 4.03. The number of hydrogen-bond donors (Lipinski definition) is 0. The molecule has 0 bridgehead atoms. The number of para-hydroxylation sites is 1. The van der Waals surface area contributed by atoms with Crippen molar-refractivity contribution >= 4 is 5.97 Å². The summed E-state index contributed by atoms with van der Waals surface area (Å²) in [4.78, 5) is 10.8. The van der Waals surface area contributed by atoms with Crippen molar-refractivity contribution < 1.29 is 66.0 Å². The van der Waals surface area contributed by atoms with Crippen molar-refractivity contribution in [3.63, 3.8) is 0 Å². The second-order valence-electron chi connectivity index (χ2n) is 4.03. The summed E-state index contributed by atoms with van der Waals surface area (Å²) in [6.45, 7) is 1.59. The molecule has 0 aliphatic heterocycles. The minimum atomic E-state index is -1.09. The van der Waals surface area contributed by atoms with Crippen molar-refractivity contribution in [3.05, 3.63) is 60.2 Å². The molecule has 19 heavy (non-hydrogen) atoms. The van der Waals surface area contributed by atoms with Gasteiger partial charge < -0.3 is 14.6 Å². The Kier molecular flexibility index (Phi) is 6.75. The Labute approximate surface area is 155 Å². The van der Waals surface area contributed by atoms with Gasteiger partial charge in [0.2, 0.25) is 0 Å². The molecule has 92 valence electrons. The molecule has 0 saturated heterocycles. The number of benzene rings is 2. The number of aliphatic carboxylic acids is 1. The van der Waals surface area contributed by atoms with Gasteiger partial charge in [-0.2, -0.15) is 0 Å². The van der Waals surface area contributed by atoms with Crippen molar-refractivity contribution in [3.8, 4) is 11.5 Å². The van der Waals surface area contributed by atoms with Crippen LogP contribution in [0.15, 0.2) is 54.6 Å². The first-order valence-corrected chi connectivity index (χ1v) is 5.70. The monoisotopic (exact) mass is 280 g/mol. The van der Waals surface area contributed by atoms with Crippen molar-refractivity contribution in [2.45, 2.75) is 12.8 Å². The Morgan fingerprint density at radius 2 is 1.68 bits per heavy atom. The van der Waals surface area contributed by atoms with Gasteiger partial charge >= 0.3 is 51.4 Å². The number of carbonyl (C=O) groups excluding carboxylic acids is 1. The van der Waals surface area contributed by atoms with E-state index in [1.54, 1.807) is 31.2 Å². The first kappa shape index (κ1) is 16.4. The van der Waals surface area contributed by atoms with Gasteiger partial charge in [-0.15, -0.1) is 0 Å². The van der Waals surface area contributed by atoms with E-state index in [4.69, 9.17) is 4.74 Å². The predicted molar refractivity (Wildman–Crippen MR) is 66.4 cm³/mol. The summed E-state index contributed by atoms with van der Waals surface area (Å²) in [5.41, 5.74) is 0.670. The van der Waals surface area contributed by atoms with Crippen molar-refractivity contribution in [2.24, 2.45) is 0 Å². The number of carboxylic acids is 1. The minimum absolute atomic E-state index is 0. The van der Waals surface area contributed by atoms with Gasteiger partial charge in [-0.25, -0.2) is 0 Å². The van der Waals surface area contributed by atoms with E-state index < -0.39 is 11.9 Å². The van der Waals surface area contributed by atoms with Gasteiger partial charge in [0, 0.05) is 11.9 Å². The first-order valence-electron chi connectivity index (χ1n) is 5.70. The summed E-state index contributed by atoms with van der Waals surface area (Å²) < 4.78 is 5.64. The zero-order chi connectivity index (χ0) is 13.0. The molecule has 0 spiro atoms. The van der Waals surface area contributed by atoms with E-state index in [0.717, 1.165) is 5.75 Å². The Hall–Kier alpha value is -0.654. The Morgan fingerprint density at radius 3 is 2.32 bits per heavy atom. The Morgan fingerprint density at radius 1 is 1.05 bits per heavy atom. The summed E-state index contributed by atoms with van der Waals surface area (Å²) in [7, 11) is 0. The Balaban J connectivity index is 0.00000180. The topological polar surface area (TPSA) is 49.4 Å². The molecule has 2 aromatic carbocycles. The molecule has 0 aliphatic carbocycles. The van der Waals surface area contributed by atoms with Crippen LogP contribution >= 0.6 is 0 Å². The molecular weight excluding hydrogens is 267 g/mol. The summed E-state index contributed by atoms with van der Waals surface area (Å²) in [6.07, 6.45) is 0. The third-order valence-corrected chi connectivity index (χ3v) is 2.69. The van der Waals surface area contributed by atoms with Crippen molar-refractivity contribution in [1.82, 2.24) is 0 Å². The van der Waals surface area contributed by atoms with Gasteiger partial charge in [0.25, 0.3) is 0 Å². The fourth-order valence-corrected chi connectivity index (χ4v) is 1.61. The van der Waals surface area contributed by atoms with E-state index in [9.17, 15) is 9.90 Å². The van der Waals surface area contributed by atoms with Crippen LogP contribution in [0.4, 0.5) is 0 Å². The first-order chi connectivity index (χ1) is 8.66. The van der Waals surface area contributed by atoms with Crippen LogP contribution in [0.5, 0.6) is 11.5 Å². The van der Waals surface area contributed by atoms with E-state index in [1.165, 1.54) is 0 Å². The van der Waals surface area contributed by atoms with Crippen LogP contribution in [0.3, 0.4) is 0 Å². The molecule has 1 atom stereocenters. The third kappa shape index (κ3) is 4.74. The van der Waals surface area contributed by atoms with Crippen LogP contribution in [0.25, 0.3) is 0 Å². The van der Waals surface area contributed by atoms with Crippen LogP contribution in [0.1, 0.15) is 18.4 Å². The number of hydrogen-bond acceptors (Lipinski definition) is 3. The van der Waals surface area contributed by atoms with E-state index in [-0.39, 0.29) is 51.4 Å². The second kappa shape index (κ2) is 7.82. The minimum Gasteiger partial charge on any atom is -0.550 e. The van der Waals surface area contributed by atoms with Gasteiger partial charge in [0.05, 0.1) is 0 Å². The van der Waals surface area contributed by atoms with Crippen LogP contribution < -0.4 is 61.2 Å². The largest absolute Gasteiger partial charge is 1.00 e. The fourth-order valence-electron chi connectivity index (χ4n) is 1.61. The molecule has 0 saturated carbocycles. The SMILES string of the molecule is C[C@@H](C(=O)[O-])c1cccc(Oc2ccccc2)c1.[K+]. The average Bonchev–Trinajstić information content (AvgIpc) is 2.39. The number of carboxylic acid groups (broad SMARTS) is 1. The molecule has 0 unspecified atom stereocenters. The molecule has 0 amide bonds. The van der Waals surface area contributed by atoms with E-state index in [2.05, 4.69) is 0 Å². The molecule has 2 aromatic rings. The fraction of sp³-hybridized carbons (Fsp3) is 0.133. The quantitative estimate of drug-likeness (QED) is 0.698. The van der Waals surface area contributed by atoms with Gasteiger partial charge in [0.15, 0.2) is 0 Å². The summed E-state index contributed by atoms with van der Waals surface area (Å²) in [5, 5.41) is 10.8. The molecule has 2 rings (SSSR count). The molecule has 0 fully saturated rings. The molecule has 0 aromatic heterocycles. The third-order valence-electron chi connectivity index (χ3n) is 2.69. The van der Waals surface area contributed by atoms with Crippen LogP contribution in [0.2, 0.25) is 0 Å². The molecule has 0 heterocycles. The van der Waals surface area contributed by atoms with Gasteiger partial charge in [-0.1, -0.05) is 37.3 Å². The van der Waals surface area contributed by atoms with E-state index in [0.29, 0.717) is 11.3 Å². The Bertz CT molecular complexity index is 540. The number of carbonyl (C=O) groups is 1. The maximum atomic E-state index is 10.8. The summed E-state index contributed by atoms with van der Waals surface area (Å²) in [5.74, 6) is -0.404. The molecule has 3 nitrogen and oxygen atoms in total. The smallest absolute Gasteiger partial charge is 0.550 e. The van der Waals surface area contributed by atoms with Gasteiger partial charge in [0.1, 0.15) is 11.5 Å². The maximum absolute atomic E-state index is 10.8. The summed E-state index contributed by atoms with van der Waals surface area (Å²) >= 11 is 0. The maximum Gasteiger partial charge on any atom is 1.00 e. The van der Waals surface area contributed by atoms with Crippen LogP contribution in [-0.4, -0.2) is 5.97 Å². The summed E-state index contributed by atoms with van der Waals surface area (Å²) in [6, 6.07) is 16.4. The van der Waals surface area contributed by atoms with Crippen molar-refractivity contribution in [1.29, 1.82) is 0 Å². The molecule has 4 heteroatoms. The van der Waals surface area contributed by atoms with Crippen LogP contribution in [0, 0.1) is 0 Å². The van der Waals surface area contributed by atoms with Crippen molar-refractivity contribution in [2.75, 3.05) is 0 Å². The molecule has 0 N–H and O–H groups in total. The van der Waals surface area contributed by atoms with Crippen LogP contribution in [-0.2, 0) is 4.79 Å². The molecular formula is C15H13KO3. The van der Waals surface area contributed by atoms with Gasteiger partial charge in [-0.05, 0) is 29.8 Å². The van der Waals surface area contributed by atoms with E-state index in [1.807, 2.05) is 30.3 Å². The van der Waals surface area contributed by atoms with Gasteiger partial charge in [-0.3, -0.25) is 0 Å².